The molecule has 1 aromatic carbocycles. The fourth-order valence-corrected chi connectivity index (χ4v) is 6.50. The SMILES string of the molecule is Cc1ccsc1C1Nc2ccc(OCCC3CCCCC3)cc2C2C=CCC21. The van der Waals surface area contributed by atoms with E-state index in [9.17, 15) is 0 Å². The highest BCUT2D eigenvalue weighted by molar-refractivity contribution is 7.10. The molecular weight excluding hydrogens is 362 g/mol. The third kappa shape index (κ3) is 3.50. The molecular formula is C25H31NOS. The third-order valence-corrected chi connectivity index (χ3v) is 8.14. The second-order valence-corrected chi connectivity index (χ2v) is 9.78. The zero-order valence-electron chi connectivity index (χ0n) is 16.8. The molecule has 2 heterocycles. The molecule has 2 nitrogen and oxygen atoms in total. The van der Waals surface area contributed by atoms with E-state index in [1.165, 1.54) is 60.2 Å². The molecule has 1 fully saturated rings. The number of anilines is 1. The summed E-state index contributed by atoms with van der Waals surface area (Å²) in [6.07, 6.45) is 14.2. The molecule has 0 amide bonds. The Bertz CT molecular complexity index is 848. The van der Waals surface area contributed by atoms with Gasteiger partial charge in [0, 0.05) is 16.5 Å². The Morgan fingerprint density at radius 2 is 2.04 bits per heavy atom. The summed E-state index contributed by atoms with van der Waals surface area (Å²) in [5.74, 6) is 3.04. The van der Waals surface area contributed by atoms with Crippen molar-refractivity contribution in [3.63, 3.8) is 0 Å². The molecule has 1 N–H and O–H groups in total. The monoisotopic (exact) mass is 393 g/mol. The first-order chi connectivity index (χ1) is 13.8. The molecule has 1 aliphatic heterocycles. The fourth-order valence-electron chi connectivity index (χ4n) is 5.44. The number of allylic oxidation sites excluding steroid dienone is 2. The summed E-state index contributed by atoms with van der Waals surface area (Å²) in [7, 11) is 0. The molecule has 3 aliphatic rings. The van der Waals surface area contributed by atoms with Crippen LogP contribution in [-0.4, -0.2) is 6.61 Å². The van der Waals surface area contributed by atoms with Gasteiger partial charge in [-0.05, 0) is 72.4 Å². The molecule has 0 saturated heterocycles. The van der Waals surface area contributed by atoms with Crippen molar-refractivity contribution >= 4 is 17.0 Å². The van der Waals surface area contributed by atoms with Crippen molar-refractivity contribution in [1.29, 1.82) is 0 Å². The van der Waals surface area contributed by atoms with Gasteiger partial charge in [0.1, 0.15) is 5.75 Å². The number of thiophene rings is 1. The number of aryl methyl sites for hydroxylation is 1. The lowest BCUT2D eigenvalue weighted by Gasteiger charge is -2.37. The van der Waals surface area contributed by atoms with Crippen LogP contribution in [0.4, 0.5) is 5.69 Å². The highest BCUT2D eigenvalue weighted by Gasteiger charge is 2.39. The minimum Gasteiger partial charge on any atom is -0.494 e. The number of nitrogens with one attached hydrogen (secondary N) is 1. The first-order valence-electron chi connectivity index (χ1n) is 11.0. The quantitative estimate of drug-likeness (QED) is 0.541. The normalized spacial score (nSPS) is 26.5. The van der Waals surface area contributed by atoms with E-state index in [2.05, 4.69) is 54.0 Å². The summed E-state index contributed by atoms with van der Waals surface area (Å²) in [5.41, 5.74) is 4.11. The Morgan fingerprint density at radius 1 is 1.14 bits per heavy atom. The summed E-state index contributed by atoms with van der Waals surface area (Å²) in [4.78, 5) is 1.50. The number of ether oxygens (including phenoxy) is 1. The summed E-state index contributed by atoms with van der Waals surface area (Å²) in [5, 5.41) is 6.09. The van der Waals surface area contributed by atoms with Crippen LogP contribution >= 0.6 is 11.3 Å². The second-order valence-electron chi connectivity index (χ2n) is 8.83. The number of benzene rings is 1. The lowest BCUT2D eigenvalue weighted by molar-refractivity contribution is 0.246. The highest BCUT2D eigenvalue weighted by atomic mass is 32.1. The molecule has 5 rings (SSSR count). The summed E-state index contributed by atoms with van der Waals surface area (Å²) >= 11 is 1.89. The molecule has 1 aromatic heterocycles. The van der Waals surface area contributed by atoms with Crippen LogP contribution in [0.1, 0.15) is 72.9 Å². The molecule has 2 aliphatic carbocycles. The number of hydrogen-bond donors (Lipinski definition) is 1. The van der Waals surface area contributed by atoms with Crippen LogP contribution in [0.15, 0.2) is 41.8 Å². The van der Waals surface area contributed by atoms with Gasteiger partial charge >= 0.3 is 0 Å². The third-order valence-electron chi connectivity index (χ3n) is 7.04. The van der Waals surface area contributed by atoms with Crippen molar-refractivity contribution in [3.8, 4) is 5.75 Å². The van der Waals surface area contributed by atoms with Crippen molar-refractivity contribution in [2.75, 3.05) is 11.9 Å². The van der Waals surface area contributed by atoms with E-state index in [4.69, 9.17) is 4.74 Å². The summed E-state index contributed by atoms with van der Waals surface area (Å²) in [6.45, 7) is 3.10. The number of fused-ring (bicyclic) bond motifs is 3. The van der Waals surface area contributed by atoms with E-state index < -0.39 is 0 Å². The van der Waals surface area contributed by atoms with Crippen molar-refractivity contribution in [2.24, 2.45) is 11.8 Å². The lowest BCUT2D eigenvalue weighted by atomic mass is 9.78. The molecule has 28 heavy (non-hydrogen) atoms. The van der Waals surface area contributed by atoms with Gasteiger partial charge in [0.2, 0.25) is 0 Å². The average Bonchev–Trinajstić information content (AvgIpc) is 3.38. The minimum absolute atomic E-state index is 0.422. The highest BCUT2D eigenvalue weighted by Crippen LogP contribution is 2.51. The van der Waals surface area contributed by atoms with Gasteiger partial charge in [0.25, 0.3) is 0 Å². The van der Waals surface area contributed by atoms with Crippen LogP contribution in [-0.2, 0) is 0 Å². The van der Waals surface area contributed by atoms with Crippen molar-refractivity contribution in [1.82, 2.24) is 0 Å². The van der Waals surface area contributed by atoms with E-state index in [1.807, 2.05) is 11.3 Å². The van der Waals surface area contributed by atoms with E-state index in [0.717, 1.165) is 24.7 Å². The molecule has 3 atom stereocenters. The largest absolute Gasteiger partial charge is 0.494 e. The van der Waals surface area contributed by atoms with Crippen LogP contribution in [0.2, 0.25) is 0 Å². The van der Waals surface area contributed by atoms with E-state index >= 15 is 0 Å². The minimum atomic E-state index is 0.422. The molecule has 0 radical (unpaired) electrons. The zero-order chi connectivity index (χ0) is 18.9. The van der Waals surface area contributed by atoms with Crippen LogP contribution in [0.25, 0.3) is 0 Å². The van der Waals surface area contributed by atoms with Gasteiger partial charge in [-0.1, -0.05) is 44.3 Å². The van der Waals surface area contributed by atoms with E-state index in [0.29, 0.717) is 17.9 Å². The molecule has 3 unspecified atom stereocenters. The molecule has 3 heteroatoms. The topological polar surface area (TPSA) is 21.3 Å². The summed E-state index contributed by atoms with van der Waals surface area (Å²) in [6, 6.07) is 9.37. The maximum atomic E-state index is 6.19. The van der Waals surface area contributed by atoms with Gasteiger partial charge in [0.15, 0.2) is 0 Å². The van der Waals surface area contributed by atoms with E-state index in [1.54, 1.807) is 0 Å². The van der Waals surface area contributed by atoms with Crippen LogP contribution in [0.5, 0.6) is 5.75 Å². The first-order valence-corrected chi connectivity index (χ1v) is 11.9. The number of rotatable bonds is 5. The van der Waals surface area contributed by atoms with Gasteiger partial charge < -0.3 is 10.1 Å². The number of hydrogen-bond acceptors (Lipinski definition) is 3. The van der Waals surface area contributed by atoms with Gasteiger partial charge in [-0.2, -0.15) is 0 Å². The lowest BCUT2D eigenvalue weighted by Crippen LogP contribution is -2.28. The molecule has 0 bridgehead atoms. The second kappa shape index (κ2) is 7.94. The fraction of sp³-hybridized carbons (Fsp3) is 0.520. The predicted octanol–water partition coefficient (Wildman–Crippen LogP) is 7.23. The Hall–Kier alpha value is -1.74. The smallest absolute Gasteiger partial charge is 0.119 e. The van der Waals surface area contributed by atoms with Crippen LogP contribution in [0, 0.1) is 18.8 Å². The Balaban J connectivity index is 1.31. The average molecular weight is 394 g/mol. The van der Waals surface area contributed by atoms with E-state index in [-0.39, 0.29) is 0 Å². The zero-order valence-corrected chi connectivity index (χ0v) is 17.6. The summed E-state index contributed by atoms with van der Waals surface area (Å²) < 4.78 is 6.19. The van der Waals surface area contributed by atoms with Crippen molar-refractivity contribution in [3.05, 3.63) is 57.8 Å². The molecule has 148 valence electrons. The molecule has 2 aromatic rings. The van der Waals surface area contributed by atoms with Crippen LogP contribution in [0.3, 0.4) is 0 Å². The van der Waals surface area contributed by atoms with Crippen molar-refractivity contribution < 1.29 is 4.74 Å². The Kier molecular flexibility index (Phi) is 5.19. The molecule has 0 spiro atoms. The maximum Gasteiger partial charge on any atom is 0.119 e. The molecule has 1 saturated carbocycles. The first kappa shape index (κ1) is 18.3. The van der Waals surface area contributed by atoms with Gasteiger partial charge in [-0.3, -0.25) is 0 Å². The standard InChI is InChI=1S/C25H31NOS/c1-17-13-15-28-25(17)24-21-9-5-8-20(21)22-16-19(10-11-23(22)26-24)27-14-12-18-6-3-2-4-7-18/h5,8,10-11,13,15-16,18,20-21,24,26H,2-4,6-7,9,12,14H2,1H3. The Morgan fingerprint density at radius 3 is 2.86 bits per heavy atom. The van der Waals surface area contributed by atoms with Gasteiger partial charge in [-0.25, -0.2) is 0 Å². The van der Waals surface area contributed by atoms with Gasteiger partial charge in [-0.15, -0.1) is 11.3 Å². The maximum absolute atomic E-state index is 6.19. The van der Waals surface area contributed by atoms with Crippen LogP contribution < -0.4 is 10.1 Å². The van der Waals surface area contributed by atoms with Gasteiger partial charge in [0.05, 0.1) is 12.6 Å². The Labute approximate surface area is 173 Å². The predicted molar refractivity (Wildman–Crippen MR) is 119 cm³/mol. The van der Waals surface area contributed by atoms with Crippen molar-refractivity contribution in [2.45, 2.75) is 63.8 Å².